The zero-order valence-corrected chi connectivity index (χ0v) is 15.7. The average Bonchev–Trinajstić information content (AvgIpc) is 3.29. The van der Waals surface area contributed by atoms with Crippen molar-refractivity contribution < 1.29 is 14.4 Å². The van der Waals surface area contributed by atoms with E-state index in [1.807, 2.05) is 18.2 Å². The predicted octanol–water partition coefficient (Wildman–Crippen LogP) is 0.631. The van der Waals surface area contributed by atoms with Gasteiger partial charge in [0.2, 0.25) is 11.8 Å². The van der Waals surface area contributed by atoms with E-state index in [1.54, 1.807) is 4.90 Å². The first-order chi connectivity index (χ1) is 13.1. The molecule has 1 aromatic carbocycles. The van der Waals surface area contributed by atoms with Gasteiger partial charge in [-0.2, -0.15) is 0 Å². The SMILES string of the molecule is CCN(Cc1cccc2c1C(=O)N(C1CCC(=O)NC1=O)C2)[C@H]1CCNC1. The van der Waals surface area contributed by atoms with E-state index in [9.17, 15) is 14.4 Å². The Bertz CT molecular complexity index is 772. The molecule has 0 bridgehead atoms. The van der Waals surface area contributed by atoms with Crippen LogP contribution in [-0.4, -0.2) is 59.2 Å². The Morgan fingerprint density at radius 3 is 2.78 bits per heavy atom. The molecule has 144 valence electrons. The number of hydrogen-bond acceptors (Lipinski definition) is 5. The second kappa shape index (κ2) is 7.40. The topological polar surface area (TPSA) is 81.8 Å². The number of carbonyl (C=O) groups excluding carboxylic acids is 3. The number of piperidine rings is 1. The number of benzene rings is 1. The minimum Gasteiger partial charge on any atom is -0.322 e. The van der Waals surface area contributed by atoms with Crippen LogP contribution >= 0.6 is 0 Å². The standard InChI is InChI=1S/C20H26N4O3/c1-2-23(15-8-9-21-10-15)11-13-4-3-5-14-12-24(20(27)18(13)14)16-6-7-17(25)22-19(16)26/h3-5,15-16,21H,2,6-12H2,1H3,(H,22,25,26)/t15-,16?/m0/s1. The first kappa shape index (κ1) is 18.1. The molecule has 2 fully saturated rings. The lowest BCUT2D eigenvalue weighted by atomic mass is 10.0. The third-order valence-electron chi connectivity index (χ3n) is 5.97. The van der Waals surface area contributed by atoms with Crippen LogP contribution in [0.15, 0.2) is 18.2 Å². The zero-order chi connectivity index (χ0) is 19.0. The summed E-state index contributed by atoms with van der Waals surface area (Å²) in [4.78, 5) is 40.9. The van der Waals surface area contributed by atoms with E-state index in [0.717, 1.165) is 49.3 Å². The molecule has 2 saturated heterocycles. The van der Waals surface area contributed by atoms with Crippen LogP contribution in [0.5, 0.6) is 0 Å². The van der Waals surface area contributed by atoms with E-state index in [1.165, 1.54) is 0 Å². The second-order valence-electron chi connectivity index (χ2n) is 7.56. The van der Waals surface area contributed by atoms with Gasteiger partial charge in [-0.15, -0.1) is 0 Å². The molecular weight excluding hydrogens is 344 g/mol. The minimum atomic E-state index is -0.559. The van der Waals surface area contributed by atoms with Gasteiger partial charge >= 0.3 is 0 Å². The highest BCUT2D eigenvalue weighted by molar-refractivity contribution is 6.05. The fourth-order valence-corrected chi connectivity index (χ4v) is 4.49. The fourth-order valence-electron chi connectivity index (χ4n) is 4.49. The minimum absolute atomic E-state index is 0.0873. The number of amides is 3. The van der Waals surface area contributed by atoms with Crippen molar-refractivity contribution in [3.05, 3.63) is 34.9 Å². The summed E-state index contributed by atoms with van der Waals surface area (Å²) in [6, 6.07) is 5.92. The van der Waals surface area contributed by atoms with Gasteiger partial charge in [0, 0.05) is 37.7 Å². The summed E-state index contributed by atoms with van der Waals surface area (Å²) in [7, 11) is 0. The zero-order valence-electron chi connectivity index (χ0n) is 15.7. The van der Waals surface area contributed by atoms with E-state index in [4.69, 9.17) is 0 Å². The van der Waals surface area contributed by atoms with E-state index >= 15 is 0 Å². The number of rotatable bonds is 5. The molecule has 0 spiro atoms. The second-order valence-corrected chi connectivity index (χ2v) is 7.56. The van der Waals surface area contributed by atoms with Crippen LogP contribution in [0.2, 0.25) is 0 Å². The van der Waals surface area contributed by atoms with Crippen LogP contribution in [-0.2, 0) is 22.7 Å². The number of imide groups is 1. The number of nitrogens with one attached hydrogen (secondary N) is 2. The molecule has 0 aliphatic carbocycles. The van der Waals surface area contributed by atoms with Crippen molar-refractivity contribution in [2.75, 3.05) is 19.6 Å². The van der Waals surface area contributed by atoms with Gasteiger partial charge in [-0.3, -0.25) is 24.6 Å². The van der Waals surface area contributed by atoms with Gasteiger partial charge in [-0.05, 0) is 37.1 Å². The molecule has 0 radical (unpaired) electrons. The van der Waals surface area contributed by atoms with Crippen molar-refractivity contribution in [3.63, 3.8) is 0 Å². The van der Waals surface area contributed by atoms with Crippen molar-refractivity contribution in [2.24, 2.45) is 0 Å². The van der Waals surface area contributed by atoms with Crippen LogP contribution in [0, 0.1) is 0 Å². The number of carbonyl (C=O) groups is 3. The number of hydrogen-bond donors (Lipinski definition) is 2. The quantitative estimate of drug-likeness (QED) is 0.743. The smallest absolute Gasteiger partial charge is 0.255 e. The van der Waals surface area contributed by atoms with Crippen LogP contribution in [0.4, 0.5) is 0 Å². The Kier molecular flexibility index (Phi) is 4.97. The lowest BCUT2D eigenvalue weighted by Crippen LogP contribution is -2.52. The molecule has 1 unspecified atom stereocenters. The summed E-state index contributed by atoms with van der Waals surface area (Å²) in [6.07, 6.45) is 1.80. The predicted molar refractivity (Wildman–Crippen MR) is 99.8 cm³/mol. The van der Waals surface area contributed by atoms with Crippen molar-refractivity contribution in [1.29, 1.82) is 0 Å². The lowest BCUT2D eigenvalue weighted by Gasteiger charge is -2.29. The highest BCUT2D eigenvalue weighted by atomic mass is 16.2. The number of fused-ring (bicyclic) bond motifs is 1. The Labute approximate surface area is 159 Å². The highest BCUT2D eigenvalue weighted by Gasteiger charge is 2.40. The lowest BCUT2D eigenvalue weighted by molar-refractivity contribution is -0.136. The first-order valence-electron chi connectivity index (χ1n) is 9.78. The Morgan fingerprint density at radius 1 is 1.22 bits per heavy atom. The van der Waals surface area contributed by atoms with Crippen molar-refractivity contribution >= 4 is 17.7 Å². The van der Waals surface area contributed by atoms with Gasteiger partial charge in [0.15, 0.2) is 0 Å². The average molecular weight is 370 g/mol. The third kappa shape index (κ3) is 3.37. The molecule has 3 heterocycles. The molecular formula is C20H26N4O3. The molecule has 7 nitrogen and oxygen atoms in total. The third-order valence-corrected chi connectivity index (χ3v) is 5.97. The van der Waals surface area contributed by atoms with Crippen LogP contribution in [0.1, 0.15) is 47.7 Å². The molecule has 2 N–H and O–H groups in total. The van der Waals surface area contributed by atoms with E-state index in [0.29, 0.717) is 19.0 Å². The van der Waals surface area contributed by atoms with E-state index in [2.05, 4.69) is 22.5 Å². The Balaban J connectivity index is 1.56. The summed E-state index contributed by atoms with van der Waals surface area (Å²) >= 11 is 0. The van der Waals surface area contributed by atoms with Crippen LogP contribution in [0.25, 0.3) is 0 Å². The molecule has 3 aliphatic rings. The fraction of sp³-hybridized carbons (Fsp3) is 0.550. The van der Waals surface area contributed by atoms with Crippen molar-refractivity contribution in [1.82, 2.24) is 20.4 Å². The van der Waals surface area contributed by atoms with Crippen LogP contribution in [0.3, 0.4) is 0 Å². The molecule has 0 saturated carbocycles. The van der Waals surface area contributed by atoms with Gasteiger partial charge in [-0.1, -0.05) is 25.1 Å². The first-order valence-corrected chi connectivity index (χ1v) is 9.78. The van der Waals surface area contributed by atoms with Gasteiger partial charge in [-0.25, -0.2) is 0 Å². The summed E-state index contributed by atoms with van der Waals surface area (Å²) in [5.41, 5.74) is 2.75. The summed E-state index contributed by atoms with van der Waals surface area (Å²) in [5, 5.41) is 5.76. The number of likely N-dealkylation sites (N-methyl/N-ethyl adjacent to an activating group) is 1. The van der Waals surface area contributed by atoms with Gasteiger partial charge in [0.1, 0.15) is 6.04 Å². The van der Waals surface area contributed by atoms with Crippen molar-refractivity contribution in [3.8, 4) is 0 Å². The summed E-state index contributed by atoms with van der Waals surface area (Å²) < 4.78 is 0. The molecule has 1 aromatic rings. The molecule has 7 heteroatoms. The normalized spacial score (nSPS) is 25.3. The monoisotopic (exact) mass is 370 g/mol. The maximum atomic E-state index is 13.2. The molecule has 4 rings (SSSR count). The van der Waals surface area contributed by atoms with Gasteiger partial charge in [0.25, 0.3) is 5.91 Å². The van der Waals surface area contributed by atoms with Gasteiger partial charge in [0.05, 0.1) is 0 Å². The molecule has 0 aromatic heterocycles. The number of nitrogens with zero attached hydrogens (tertiary/aromatic N) is 2. The van der Waals surface area contributed by atoms with Crippen LogP contribution < -0.4 is 10.6 Å². The van der Waals surface area contributed by atoms with E-state index in [-0.39, 0.29) is 24.1 Å². The Hall–Kier alpha value is -2.25. The molecule has 27 heavy (non-hydrogen) atoms. The van der Waals surface area contributed by atoms with E-state index < -0.39 is 6.04 Å². The maximum absolute atomic E-state index is 13.2. The summed E-state index contributed by atoms with van der Waals surface area (Å²) in [6.45, 7) is 6.28. The largest absolute Gasteiger partial charge is 0.322 e. The summed E-state index contributed by atoms with van der Waals surface area (Å²) in [5.74, 6) is -0.707. The molecule has 3 amide bonds. The highest BCUT2D eigenvalue weighted by Crippen LogP contribution is 2.30. The maximum Gasteiger partial charge on any atom is 0.255 e. The molecule has 2 atom stereocenters. The molecule has 3 aliphatic heterocycles. The van der Waals surface area contributed by atoms with Gasteiger partial charge < -0.3 is 10.2 Å². The van der Waals surface area contributed by atoms with Crippen molar-refractivity contribution in [2.45, 2.75) is 51.4 Å². The Morgan fingerprint density at radius 2 is 2.07 bits per heavy atom.